The van der Waals surface area contributed by atoms with Gasteiger partial charge in [-0.05, 0) is 68.9 Å². The summed E-state index contributed by atoms with van der Waals surface area (Å²) in [5.41, 5.74) is -2.74. The summed E-state index contributed by atoms with van der Waals surface area (Å²) in [6, 6.07) is 4.96. The van der Waals surface area contributed by atoms with Crippen LogP contribution < -0.4 is 14.2 Å². The molecule has 702 valence electrons. The molecule has 1 aliphatic heterocycles. The smallest absolute Gasteiger partial charge is 0.460 e. The number of nitro groups is 1. The highest BCUT2D eigenvalue weighted by molar-refractivity contribution is 6.26. The van der Waals surface area contributed by atoms with Crippen molar-refractivity contribution in [2.75, 3.05) is 46.2 Å². The maximum absolute atomic E-state index is 14.9. The molecule has 0 atom stereocenters. The van der Waals surface area contributed by atoms with Gasteiger partial charge in [0.2, 0.25) is 5.75 Å². The average Bonchev–Trinajstić information content (AvgIpc) is 0.700. The third kappa shape index (κ3) is 17.0. The van der Waals surface area contributed by atoms with Gasteiger partial charge in [-0.15, -0.1) is 0 Å². The number of nitrogens with zero attached hydrogens (tertiary/aromatic N) is 2. The third-order valence-corrected chi connectivity index (χ3v) is 17.1. The van der Waals surface area contributed by atoms with Crippen LogP contribution in [0.1, 0.15) is 88.9 Å². The van der Waals surface area contributed by atoms with E-state index in [0.717, 1.165) is 30.3 Å². The van der Waals surface area contributed by atoms with Gasteiger partial charge in [-0.3, -0.25) is 24.6 Å². The molecule has 0 bridgehead atoms. The van der Waals surface area contributed by atoms with Crippen LogP contribution in [-0.2, 0) is 9.47 Å². The topological polar surface area (TPSA) is 144 Å². The normalized spacial score (nSPS) is 15.7. The summed E-state index contributed by atoms with van der Waals surface area (Å²) < 4.78 is 736. The van der Waals surface area contributed by atoms with Gasteiger partial charge < -0.3 is 23.7 Å². The van der Waals surface area contributed by atoms with E-state index in [1.807, 2.05) is 0 Å². The number of ether oxygens (including phenoxy) is 5. The largest absolute Gasteiger partial charge is 0.490 e. The average molecular weight is 1900 g/mol. The van der Waals surface area contributed by atoms with E-state index in [0.29, 0.717) is 4.90 Å². The van der Waals surface area contributed by atoms with E-state index < -0.39 is 298 Å². The number of non-ortho nitro benzene ring substituents is 1. The number of rotatable bonds is 44. The molecule has 63 heteroatoms. The van der Waals surface area contributed by atoms with Crippen LogP contribution in [0, 0.1) is 10.1 Å². The van der Waals surface area contributed by atoms with Crippen molar-refractivity contribution < 1.29 is 267 Å². The zero-order chi connectivity index (χ0) is 95.9. The van der Waals surface area contributed by atoms with Crippen molar-refractivity contribution >= 4 is 34.2 Å². The fourth-order valence-electron chi connectivity index (χ4n) is 10.0. The maximum atomic E-state index is 14.9. The van der Waals surface area contributed by atoms with E-state index in [-0.39, 0.29) is 34.0 Å². The molecule has 0 saturated carbocycles. The molecule has 4 rings (SSSR count). The number of unbranched alkanes of at least 4 members (excludes halogenated alkanes) is 3. The Morgan fingerprint density at radius 3 is 0.902 bits per heavy atom. The van der Waals surface area contributed by atoms with Crippen LogP contribution in [-0.4, -0.2) is 217 Å². The Bertz CT molecular complexity index is 4090. The summed E-state index contributed by atoms with van der Waals surface area (Å²) in [6.45, 7) is -9.67. The highest BCUT2D eigenvalue weighted by Gasteiger charge is 2.99. The lowest BCUT2D eigenvalue weighted by Crippen LogP contribution is -2.74. The minimum absolute atomic E-state index is 0.0568. The van der Waals surface area contributed by atoms with Crippen LogP contribution in [0.4, 0.5) is 230 Å². The van der Waals surface area contributed by atoms with Gasteiger partial charge in [-0.2, -0.15) is 224 Å². The van der Waals surface area contributed by atoms with E-state index >= 15 is 0 Å². The molecule has 0 unspecified atom stereocenters. The van der Waals surface area contributed by atoms with E-state index in [1.165, 1.54) is 0 Å². The molecule has 1 aliphatic rings. The number of hydrogen-bond acceptors (Lipinski definition) is 10. The zero-order valence-electron chi connectivity index (χ0n) is 57.6. The lowest BCUT2D eigenvalue weighted by Gasteiger charge is -2.42. The van der Waals surface area contributed by atoms with Gasteiger partial charge in [0.1, 0.15) is 6.61 Å². The highest BCUT2D eigenvalue weighted by Crippen LogP contribution is 2.69. The Labute approximate surface area is 639 Å². The summed E-state index contributed by atoms with van der Waals surface area (Å²) >= 11 is 0. The van der Waals surface area contributed by atoms with Gasteiger partial charge >= 0.3 is 149 Å². The first-order chi connectivity index (χ1) is 54.0. The van der Waals surface area contributed by atoms with Crippen molar-refractivity contribution in [3.05, 3.63) is 69.3 Å². The monoisotopic (exact) mass is 1900 g/mol. The standard InChI is InChI=1S/C59H39F51N2O10/c60-36(61,39(66,67)42(72,73)45(78,79)48(84,85)51(90,91)54(96,97)57(102,103)104)12-1-4-16-119-29-22-24(35(115)122-21-20-118-19-15-111-33(113)26-9-7-8-25-28(112(116)117)11-10-27(31(25)26)34(111)114)23-30(120-17-5-2-13-37(62,63)40(68,69)43(74,75)46(80,81)49(86,87)52(92,93)55(98,99)58(105,106)107)32(29)121-18-6-3-14-38(64,65)41(70,71)44(76,77)47(82,83)50(88,89)53(94,95)56(100,101)59(108,109)110/h7-11,22-23H,1-6,12-21H2. The Kier molecular flexibility index (Phi) is 28.9. The number of halogens is 51. The molecule has 0 fully saturated rings. The van der Waals surface area contributed by atoms with Gasteiger partial charge in [-0.1, -0.05) is 6.07 Å². The second-order valence-electron chi connectivity index (χ2n) is 25.3. The molecule has 122 heavy (non-hydrogen) atoms. The minimum atomic E-state index is -9.18. The molecular formula is C59H39F51N2O10. The molecule has 0 spiro atoms. The van der Waals surface area contributed by atoms with Crippen molar-refractivity contribution in [3.8, 4) is 17.2 Å². The van der Waals surface area contributed by atoms with E-state index in [9.17, 15) is 248 Å². The lowest BCUT2D eigenvalue weighted by molar-refractivity contribution is -0.461. The van der Waals surface area contributed by atoms with Crippen LogP contribution in [0.2, 0.25) is 0 Å². The third-order valence-electron chi connectivity index (χ3n) is 17.1. The van der Waals surface area contributed by atoms with Crippen molar-refractivity contribution in [2.24, 2.45) is 0 Å². The minimum Gasteiger partial charge on any atom is -0.490 e. The van der Waals surface area contributed by atoms with Crippen LogP contribution in [0.25, 0.3) is 10.8 Å². The number of alkyl halides is 51. The van der Waals surface area contributed by atoms with Crippen LogP contribution in [0.3, 0.4) is 0 Å². The van der Waals surface area contributed by atoms with Crippen LogP contribution in [0.5, 0.6) is 17.2 Å². The van der Waals surface area contributed by atoms with Crippen molar-refractivity contribution in [2.45, 2.75) is 201 Å². The fourth-order valence-corrected chi connectivity index (χ4v) is 10.0. The number of imide groups is 1. The lowest BCUT2D eigenvalue weighted by atomic mass is 9.88. The maximum Gasteiger partial charge on any atom is 0.460 e. The first-order valence-corrected chi connectivity index (χ1v) is 31.5. The quantitative estimate of drug-likeness (QED) is 0.0134. The molecule has 0 aliphatic carbocycles. The molecule has 3 aromatic carbocycles. The highest BCUT2D eigenvalue weighted by atomic mass is 19.5. The first kappa shape index (κ1) is 106. The molecule has 12 nitrogen and oxygen atoms in total. The van der Waals surface area contributed by atoms with E-state index in [1.54, 1.807) is 0 Å². The molecule has 1 heterocycles. The first-order valence-electron chi connectivity index (χ1n) is 31.5. The van der Waals surface area contributed by atoms with Crippen molar-refractivity contribution in [1.82, 2.24) is 4.90 Å². The van der Waals surface area contributed by atoms with Gasteiger partial charge in [0.15, 0.2) is 11.5 Å². The summed E-state index contributed by atoms with van der Waals surface area (Å²) in [5.74, 6) is -191. The number of benzene rings is 3. The molecular weight excluding hydrogens is 1870 g/mol. The molecule has 2 amide bonds. The summed E-state index contributed by atoms with van der Waals surface area (Å²) in [5, 5.41) is 11.1. The van der Waals surface area contributed by atoms with Gasteiger partial charge in [-0.25, -0.2) is 4.79 Å². The zero-order valence-corrected chi connectivity index (χ0v) is 57.6. The molecule has 3 aromatic rings. The predicted octanol–water partition coefficient (Wildman–Crippen LogP) is 22.9. The van der Waals surface area contributed by atoms with E-state index in [4.69, 9.17) is 23.7 Å². The Balaban J connectivity index is 1.81. The van der Waals surface area contributed by atoms with Gasteiger partial charge in [0.05, 0.1) is 55.5 Å². The number of carbonyl (C=O) groups is 3. The fraction of sp³-hybridized carbons (Fsp3) is 0.678. The van der Waals surface area contributed by atoms with Crippen LogP contribution >= 0.6 is 0 Å². The summed E-state index contributed by atoms with van der Waals surface area (Å²) in [7, 11) is 0. The molecule has 0 radical (unpaired) electrons. The Morgan fingerprint density at radius 1 is 0.328 bits per heavy atom. The number of carbonyl (C=O) groups excluding carboxylic acids is 3. The number of nitro benzene ring substituents is 1. The Morgan fingerprint density at radius 2 is 0.607 bits per heavy atom. The number of hydrogen-bond donors (Lipinski definition) is 0. The molecule has 0 N–H and O–H groups in total. The summed E-state index contributed by atoms with van der Waals surface area (Å²) in [4.78, 5) is 51.4. The second kappa shape index (κ2) is 33.2. The second-order valence-corrected chi connectivity index (χ2v) is 25.3. The van der Waals surface area contributed by atoms with Gasteiger partial charge in [0.25, 0.3) is 17.5 Å². The molecule has 0 saturated heterocycles. The Hall–Kier alpha value is -8.28. The predicted molar refractivity (Wildman–Crippen MR) is 294 cm³/mol. The summed E-state index contributed by atoms with van der Waals surface area (Å²) in [6.07, 6.45) is -46.9. The van der Waals surface area contributed by atoms with Crippen LogP contribution in [0.15, 0.2) is 42.5 Å². The van der Waals surface area contributed by atoms with Gasteiger partial charge in [0, 0.05) is 41.8 Å². The van der Waals surface area contributed by atoms with Crippen molar-refractivity contribution in [3.63, 3.8) is 0 Å². The number of amides is 2. The van der Waals surface area contributed by atoms with E-state index in [2.05, 4.69) is 0 Å². The van der Waals surface area contributed by atoms with Crippen molar-refractivity contribution in [1.29, 1.82) is 0 Å². The number of esters is 1. The SMILES string of the molecule is O=C(OCCOCCN1C(=O)c2cccc3c([N+](=O)[O-])ccc(c23)C1=O)c1cc(OCCCCC(F)(F)C(F)(F)C(F)(F)C(F)(F)C(F)(F)C(F)(F)C(F)(F)C(F)(F)F)c(OCCCCC(F)(F)C(F)(F)C(F)(F)C(F)(F)C(F)(F)C(F)(F)C(F)(F)C(F)(F)F)c(OCCCCC(F)(F)C(F)(F)C(F)(F)C(F)(F)C(F)(F)C(F)(F)C(F)(F)C(F)(F)F)c1. The molecule has 0 aromatic heterocycles.